The molecule has 8 heteroatoms. The molecule has 0 bridgehead atoms. The number of amidine groups is 1. The molecule has 2 aliphatic heterocycles. The predicted molar refractivity (Wildman–Crippen MR) is 70.4 cm³/mol. The Morgan fingerprint density at radius 1 is 1.41 bits per heavy atom. The first-order valence-corrected chi connectivity index (χ1v) is 6.40. The first kappa shape index (κ1) is 14.3. The van der Waals surface area contributed by atoms with Crippen molar-refractivity contribution < 1.29 is 27.9 Å². The summed E-state index contributed by atoms with van der Waals surface area (Å²) in [6.45, 7) is 4.09. The van der Waals surface area contributed by atoms with Crippen LogP contribution < -0.4 is 0 Å². The van der Waals surface area contributed by atoms with Crippen molar-refractivity contribution in [3.63, 3.8) is 0 Å². The van der Waals surface area contributed by atoms with Gasteiger partial charge in [-0.15, -0.1) is 0 Å². The van der Waals surface area contributed by atoms with Gasteiger partial charge in [0, 0.05) is 11.6 Å². The second-order valence-electron chi connectivity index (χ2n) is 4.72. The van der Waals surface area contributed by atoms with Crippen LogP contribution in [0.3, 0.4) is 0 Å². The van der Waals surface area contributed by atoms with Gasteiger partial charge in [-0.2, -0.15) is 0 Å². The van der Waals surface area contributed by atoms with Gasteiger partial charge in [-0.3, -0.25) is 4.90 Å². The van der Waals surface area contributed by atoms with Crippen LogP contribution in [-0.4, -0.2) is 37.0 Å². The van der Waals surface area contributed by atoms with Gasteiger partial charge in [0.2, 0.25) is 5.84 Å². The number of methoxy groups -OCH3 is 1. The summed E-state index contributed by atoms with van der Waals surface area (Å²) in [5.74, 6) is -2.16. The van der Waals surface area contributed by atoms with Gasteiger partial charge in [0.25, 0.3) is 0 Å². The zero-order chi connectivity index (χ0) is 15.9. The molecule has 1 unspecified atom stereocenters. The number of ether oxygens (including phenoxy) is 2. The Balaban J connectivity index is 2.15. The molecule has 1 saturated heterocycles. The van der Waals surface area contributed by atoms with E-state index in [4.69, 9.17) is 14.3 Å². The predicted octanol–water partition coefficient (Wildman–Crippen LogP) is 1.48. The fourth-order valence-electron chi connectivity index (χ4n) is 2.51. The number of carbonyl (C=O) groups excluding carboxylic acids is 1. The van der Waals surface area contributed by atoms with Gasteiger partial charge in [-0.05, 0) is 12.1 Å². The van der Waals surface area contributed by atoms with Crippen LogP contribution in [0.2, 0.25) is 0 Å². The van der Waals surface area contributed by atoms with E-state index in [1.807, 2.05) is 0 Å². The Kier molecular flexibility index (Phi) is 3.23. The number of esters is 1. The molecule has 0 amide bonds. The van der Waals surface area contributed by atoms with Crippen LogP contribution in [0.5, 0.6) is 0 Å². The Hall–Kier alpha value is -2.64. The molecule has 0 aromatic heterocycles. The minimum Gasteiger partial charge on any atom is -0.488 e. The molecule has 6 nitrogen and oxygen atoms in total. The highest BCUT2D eigenvalue weighted by Crippen LogP contribution is 2.39. The number of morpholine rings is 1. The largest absolute Gasteiger partial charge is 0.488 e. The third-order valence-corrected chi connectivity index (χ3v) is 3.46. The molecule has 1 fully saturated rings. The van der Waals surface area contributed by atoms with Gasteiger partial charge in [-0.25, -0.2) is 13.6 Å². The number of rotatable bonds is 2. The quantitative estimate of drug-likeness (QED) is 0.774. The summed E-state index contributed by atoms with van der Waals surface area (Å²) in [5, 5.41) is 3.77. The molecule has 0 radical (unpaired) electrons. The number of hydrogen-bond donors (Lipinski definition) is 0. The topological polar surface area (TPSA) is 60.4 Å². The summed E-state index contributed by atoms with van der Waals surface area (Å²) < 4.78 is 37.1. The highest BCUT2D eigenvalue weighted by molar-refractivity contribution is 6.01. The van der Waals surface area contributed by atoms with Gasteiger partial charge in [0.1, 0.15) is 18.2 Å². The second kappa shape index (κ2) is 4.97. The Labute approximate surface area is 124 Å². The van der Waals surface area contributed by atoms with E-state index in [0.29, 0.717) is 6.07 Å². The average molecular weight is 310 g/mol. The molecule has 116 valence electrons. The van der Waals surface area contributed by atoms with Crippen LogP contribution >= 0.6 is 0 Å². The van der Waals surface area contributed by atoms with Crippen molar-refractivity contribution in [3.05, 3.63) is 47.7 Å². The standard InChI is InChI=1S/C14H12F2N2O4/c1-8-12-17-22-14(13(19)20-2,18(12)3-4-21-8)9-5-10(15)7-11(16)6-9/h5-7H,1,3-4H2,2H3. The van der Waals surface area contributed by atoms with Crippen LogP contribution in [0.1, 0.15) is 5.56 Å². The maximum Gasteiger partial charge on any atom is 0.380 e. The van der Waals surface area contributed by atoms with Crippen molar-refractivity contribution in [1.29, 1.82) is 0 Å². The van der Waals surface area contributed by atoms with Crippen molar-refractivity contribution >= 4 is 11.8 Å². The molecular weight excluding hydrogens is 298 g/mol. The van der Waals surface area contributed by atoms with Crippen molar-refractivity contribution in [2.45, 2.75) is 5.72 Å². The maximum atomic E-state index is 13.6. The average Bonchev–Trinajstić information content (AvgIpc) is 2.87. The highest BCUT2D eigenvalue weighted by atomic mass is 19.1. The Morgan fingerprint density at radius 3 is 2.73 bits per heavy atom. The first-order valence-electron chi connectivity index (χ1n) is 6.40. The van der Waals surface area contributed by atoms with E-state index in [9.17, 15) is 13.6 Å². The third-order valence-electron chi connectivity index (χ3n) is 3.46. The zero-order valence-corrected chi connectivity index (χ0v) is 11.6. The number of oxime groups is 1. The van der Waals surface area contributed by atoms with Gasteiger partial charge in [-0.1, -0.05) is 11.7 Å². The second-order valence-corrected chi connectivity index (χ2v) is 4.72. The normalized spacial score (nSPS) is 23.3. The molecule has 1 aromatic carbocycles. The van der Waals surface area contributed by atoms with Crippen molar-refractivity contribution in [2.75, 3.05) is 20.3 Å². The minimum atomic E-state index is -1.90. The number of benzene rings is 1. The van der Waals surface area contributed by atoms with Crippen LogP contribution in [0.15, 0.2) is 35.7 Å². The number of nitrogens with zero attached hydrogens (tertiary/aromatic N) is 2. The molecule has 1 atom stereocenters. The molecule has 0 spiro atoms. The zero-order valence-electron chi connectivity index (χ0n) is 11.6. The Bertz CT molecular complexity index is 671. The van der Waals surface area contributed by atoms with E-state index in [1.54, 1.807) is 0 Å². The van der Waals surface area contributed by atoms with Crippen LogP contribution in [-0.2, 0) is 24.8 Å². The third kappa shape index (κ3) is 1.91. The Morgan fingerprint density at radius 2 is 2.09 bits per heavy atom. The van der Waals surface area contributed by atoms with Crippen LogP contribution in [0.4, 0.5) is 8.78 Å². The smallest absolute Gasteiger partial charge is 0.380 e. The summed E-state index contributed by atoms with van der Waals surface area (Å²) in [6, 6.07) is 2.69. The molecule has 0 aliphatic carbocycles. The number of halogens is 2. The van der Waals surface area contributed by atoms with Gasteiger partial charge in [0.05, 0.1) is 13.7 Å². The van der Waals surface area contributed by atoms with Crippen molar-refractivity contribution in [3.8, 4) is 0 Å². The summed E-state index contributed by atoms with van der Waals surface area (Å²) in [7, 11) is 1.15. The van der Waals surface area contributed by atoms with Crippen molar-refractivity contribution in [1.82, 2.24) is 4.90 Å². The van der Waals surface area contributed by atoms with Crippen LogP contribution in [0, 0.1) is 11.6 Å². The minimum absolute atomic E-state index is 0.0645. The lowest BCUT2D eigenvalue weighted by atomic mass is 9.99. The molecular formula is C14H12F2N2O4. The summed E-state index contributed by atoms with van der Waals surface area (Å²) in [4.78, 5) is 19.0. The van der Waals surface area contributed by atoms with E-state index in [0.717, 1.165) is 19.2 Å². The highest BCUT2D eigenvalue weighted by Gasteiger charge is 2.57. The van der Waals surface area contributed by atoms with E-state index in [1.165, 1.54) is 4.90 Å². The molecule has 0 N–H and O–H groups in total. The fraction of sp³-hybridized carbons (Fsp3) is 0.286. The van der Waals surface area contributed by atoms with E-state index in [-0.39, 0.29) is 30.3 Å². The molecule has 0 saturated carbocycles. The van der Waals surface area contributed by atoms with Gasteiger partial charge in [0.15, 0.2) is 5.76 Å². The van der Waals surface area contributed by atoms with E-state index >= 15 is 0 Å². The van der Waals surface area contributed by atoms with E-state index < -0.39 is 23.3 Å². The first-order chi connectivity index (χ1) is 10.5. The SMILES string of the molecule is C=C1OCCN2C1=NOC2(C(=O)OC)c1cc(F)cc(F)c1. The van der Waals surface area contributed by atoms with Crippen molar-refractivity contribution in [2.24, 2.45) is 5.16 Å². The molecule has 2 heterocycles. The maximum absolute atomic E-state index is 13.6. The number of hydrogen-bond acceptors (Lipinski definition) is 6. The summed E-state index contributed by atoms with van der Waals surface area (Å²) in [6.07, 6.45) is 0. The molecule has 2 aliphatic rings. The number of carbonyl (C=O) groups is 1. The monoisotopic (exact) mass is 310 g/mol. The van der Waals surface area contributed by atoms with E-state index in [2.05, 4.69) is 11.7 Å². The molecule has 1 aromatic rings. The molecule has 22 heavy (non-hydrogen) atoms. The summed E-state index contributed by atoms with van der Waals surface area (Å²) >= 11 is 0. The van der Waals surface area contributed by atoms with Crippen LogP contribution in [0.25, 0.3) is 0 Å². The van der Waals surface area contributed by atoms with Gasteiger partial charge >= 0.3 is 11.7 Å². The lowest BCUT2D eigenvalue weighted by Crippen LogP contribution is -2.55. The lowest BCUT2D eigenvalue weighted by Gasteiger charge is -2.37. The van der Waals surface area contributed by atoms with Gasteiger partial charge < -0.3 is 14.3 Å². The summed E-state index contributed by atoms with van der Waals surface area (Å²) in [5.41, 5.74) is -1.97. The molecule has 3 rings (SSSR count). The number of fused-ring (bicyclic) bond motifs is 1. The lowest BCUT2D eigenvalue weighted by molar-refractivity contribution is -0.187. The fourth-order valence-corrected chi connectivity index (χ4v) is 2.51.